The monoisotopic (exact) mass is 504 g/mol. The van der Waals surface area contributed by atoms with E-state index in [0.717, 1.165) is 11.8 Å². The van der Waals surface area contributed by atoms with E-state index in [9.17, 15) is 24.3 Å². The van der Waals surface area contributed by atoms with E-state index in [1.54, 1.807) is 30.3 Å². The Bertz CT molecular complexity index is 1170. The summed E-state index contributed by atoms with van der Waals surface area (Å²) in [6.07, 6.45) is 0. The number of nitrogens with one attached hydrogen (secondary N) is 1. The number of aliphatic carboxylic acids is 1. The van der Waals surface area contributed by atoms with Crippen LogP contribution in [-0.4, -0.2) is 76.8 Å². The second-order valence-corrected chi connectivity index (χ2v) is 9.46. The topological polar surface area (TPSA) is 199 Å². The van der Waals surface area contributed by atoms with Crippen molar-refractivity contribution in [3.8, 4) is 0 Å². The summed E-state index contributed by atoms with van der Waals surface area (Å²) in [7, 11) is 0. The van der Waals surface area contributed by atoms with Crippen LogP contribution < -0.4 is 16.8 Å². The molecule has 3 heterocycles. The van der Waals surface area contributed by atoms with Crippen molar-refractivity contribution >= 4 is 47.2 Å². The molecule has 3 atom stereocenters. The van der Waals surface area contributed by atoms with Gasteiger partial charge in [-0.15, -0.1) is 16.9 Å². The quantitative estimate of drug-likeness (QED) is 0.233. The summed E-state index contributed by atoms with van der Waals surface area (Å²) in [6, 6.07) is 6.90. The maximum Gasteiger partial charge on any atom is 0.352 e. The number of carbonyl (C=O) groups excluding carboxylic acids is 3. The van der Waals surface area contributed by atoms with Gasteiger partial charge in [-0.25, -0.2) is 9.48 Å². The van der Waals surface area contributed by atoms with Crippen molar-refractivity contribution in [3.05, 3.63) is 47.2 Å². The van der Waals surface area contributed by atoms with Gasteiger partial charge in [0.05, 0.1) is 0 Å². The molecule has 3 amide bonds. The molecular weight excluding hydrogens is 484 g/mol. The highest BCUT2D eigenvalue weighted by Crippen LogP contribution is 2.41. The number of thioether (sulfide) groups is 2. The Hall–Kier alpha value is -3.43. The number of hydrogen-bond donors (Lipinski definition) is 4. The van der Waals surface area contributed by atoms with Crippen LogP contribution in [0.5, 0.6) is 0 Å². The fourth-order valence-electron chi connectivity index (χ4n) is 3.55. The number of β-lactam (4-membered cyclic amide) rings is 1. The Kier molecular flexibility index (Phi) is 6.85. The summed E-state index contributed by atoms with van der Waals surface area (Å²) in [6.45, 7) is -0.214. The molecule has 0 saturated carbocycles. The number of carboxylic acids is 1. The first-order valence-corrected chi connectivity index (χ1v) is 12.0. The first-order valence-electron chi connectivity index (χ1n) is 9.96. The van der Waals surface area contributed by atoms with Gasteiger partial charge in [-0.1, -0.05) is 42.1 Å². The summed E-state index contributed by atoms with van der Waals surface area (Å²) in [5, 5.41) is 23.2. The van der Waals surface area contributed by atoms with E-state index in [4.69, 9.17) is 11.5 Å². The van der Waals surface area contributed by atoms with E-state index < -0.39 is 41.1 Å². The maximum absolute atomic E-state index is 12.8. The molecule has 0 aliphatic carbocycles. The maximum atomic E-state index is 12.8. The lowest BCUT2D eigenvalue weighted by atomic mass is 10.0. The molecule has 2 aliphatic rings. The van der Waals surface area contributed by atoms with E-state index in [0.29, 0.717) is 16.9 Å². The second kappa shape index (κ2) is 9.82. The molecule has 15 heteroatoms. The molecule has 0 bridgehead atoms. The van der Waals surface area contributed by atoms with Gasteiger partial charge in [0.25, 0.3) is 5.91 Å². The van der Waals surface area contributed by atoms with Gasteiger partial charge < -0.3 is 21.9 Å². The minimum Gasteiger partial charge on any atom is -0.477 e. The number of nitrogens with two attached hydrogens (primary N) is 2. The number of fused-ring (bicyclic) bond motifs is 1. The van der Waals surface area contributed by atoms with Crippen LogP contribution in [0.2, 0.25) is 0 Å². The molecule has 1 fully saturated rings. The van der Waals surface area contributed by atoms with Gasteiger partial charge in [-0.3, -0.25) is 19.3 Å². The highest BCUT2D eigenvalue weighted by atomic mass is 32.2. The smallest absolute Gasteiger partial charge is 0.352 e. The highest BCUT2D eigenvalue weighted by molar-refractivity contribution is 8.01. The lowest BCUT2D eigenvalue weighted by Crippen LogP contribution is -2.71. The van der Waals surface area contributed by atoms with Crippen LogP contribution in [0.4, 0.5) is 0 Å². The minimum atomic E-state index is -1.25. The summed E-state index contributed by atoms with van der Waals surface area (Å²) >= 11 is 2.46. The molecular formula is C19H20N8O5S2. The van der Waals surface area contributed by atoms with Crippen molar-refractivity contribution in [1.82, 2.24) is 30.4 Å². The summed E-state index contributed by atoms with van der Waals surface area (Å²) in [5.74, 6) is -2.42. The Morgan fingerprint density at radius 3 is 2.71 bits per heavy atom. The average molecular weight is 505 g/mol. The van der Waals surface area contributed by atoms with Crippen molar-refractivity contribution in [2.24, 2.45) is 11.5 Å². The molecule has 34 heavy (non-hydrogen) atoms. The SMILES string of the molecule is NC(=O)Cn1nnnc1SCC1=C(C(=O)O)N2C(=O)C(NC(=O)C(N)c3ccccc3)[C@@H]2SC1. The molecule has 4 rings (SSSR count). The number of carbonyl (C=O) groups is 4. The average Bonchev–Trinajstić information content (AvgIpc) is 3.26. The number of rotatable bonds is 9. The zero-order valence-electron chi connectivity index (χ0n) is 17.5. The van der Waals surface area contributed by atoms with E-state index in [1.807, 2.05) is 0 Å². The Labute approximate surface area is 201 Å². The molecule has 13 nitrogen and oxygen atoms in total. The molecule has 2 aliphatic heterocycles. The predicted octanol–water partition coefficient (Wildman–Crippen LogP) is -1.31. The zero-order chi connectivity index (χ0) is 24.4. The van der Waals surface area contributed by atoms with Crippen molar-refractivity contribution in [2.75, 3.05) is 11.5 Å². The van der Waals surface area contributed by atoms with Gasteiger partial charge >= 0.3 is 5.97 Å². The number of primary amides is 1. The van der Waals surface area contributed by atoms with Crippen LogP contribution in [0.15, 0.2) is 46.8 Å². The van der Waals surface area contributed by atoms with Crippen LogP contribution in [0.3, 0.4) is 0 Å². The van der Waals surface area contributed by atoms with E-state index in [2.05, 4.69) is 20.8 Å². The fraction of sp³-hybridized carbons (Fsp3) is 0.316. The van der Waals surface area contributed by atoms with E-state index in [-0.39, 0.29) is 23.2 Å². The number of amides is 3. The van der Waals surface area contributed by atoms with Gasteiger partial charge in [0, 0.05) is 11.5 Å². The zero-order valence-corrected chi connectivity index (χ0v) is 19.2. The van der Waals surface area contributed by atoms with Crippen LogP contribution in [0.1, 0.15) is 11.6 Å². The predicted molar refractivity (Wildman–Crippen MR) is 121 cm³/mol. The standard InChI is InChI=1S/C19H20N8O5S2/c20-11(28)6-26-19(23-24-25-26)34-8-10-7-33-17-13(16(30)27(17)14(10)18(31)32)22-15(29)12(21)9-4-2-1-3-5-9/h1-5,12-13,17H,6-8,21H2,(H2,20,28)(H,22,29)(H,31,32)/t12?,13?,17-/m0/s1. The minimum absolute atomic E-state index is 0.131. The molecule has 1 aromatic heterocycles. The van der Waals surface area contributed by atoms with Crippen molar-refractivity contribution in [1.29, 1.82) is 0 Å². The third-order valence-corrected chi connectivity index (χ3v) is 7.55. The number of aromatic nitrogens is 4. The van der Waals surface area contributed by atoms with Gasteiger partial charge in [-0.05, 0) is 21.6 Å². The van der Waals surface area contributed by atoms with Gasteiger partial charge in [0.2, 0.25) is 17.0 Å². The van der Waals surface area contributed by atoms with E-state index >= 15 is 0 Å². The van der Waals surface area contributed by atoms with E-state index in [1.165, 1.54) is 21.3 Å². The van der Waals surface area contributed by atoms with Gasteiger partial charge in [0.1, 0.15) is 29.7 Å². The lowest BCUT2D eigenvalue weighted by Gasteiger charge is -2.49. The second-order valence-electron chi connectivity index (χ2n) is 7.42. The Morgan fingerprint density at radius 1 is 1.29 bits per heavy atom. The first kappa shape index (κ1) is 23.7. The fourth-order valence-corrected chi connectivity index (χ4v) is 5.91. The number of hydrogen-bond acceptors (Lipinski definition) is 10. The highest BCUT2D eigenvalue weighted by Gasteiger charge is 2.54. The van der Waals surface area contributed by atoms with Crippen LogP contribution in [0, 0.1) is 0 Å². The Morgan fingerprint density at radius 2 is 2.03 bits per heavy atom. The molecule has 2 aromatic rings. The summed E-state index contributed by atoms with van der Waals surface area (Å²) in [5.41, 5.74) is 12.1. The number of tetrazole rings is 1. The number of benzene rings is 1. The number of nitrogens with zero attached hydrogens (tertiary/aromatic N) is 5. The summed E-state index contributed by atoms with van der Waals surface area (Å²) in [4.78, 5) is 49.7. The molecule has 0 spiro atoms. The van der Waals surface area contributed by atoms with Crippen LogP contribution >= 0.6 is 23.5 Å². The molecule has 1 aromatic carbocycles. The van der Waals surface area contributed by atoms with Gasteiger partial charge in [0.15, 0.2) is 0 Å². The van der Waals surface area contributed by atoms with Crippen molar-refractivity contribution in [2.45, 2.75) is 29.2 Å². The largest absolute Gasteiger partial charge is 0.477 e. The summed E-state index contributed by atoms with van der Waals surface area (Å²) < 4.78 is 1.21. The normalized spacial score (nSPS) is 20.4. The van der Waals surface area contributed by atoms with Crippen molar-refractivity contribution < 1.29 is 24.3 Å². The first-order chi connectivity index (χ1) is 16.3. The molecule has 2 unspecified atom stereocenters. The van der Waals surface area contributed by atoms with Crippen molar-refractivity contribution in [3.63, 3.8) is 0 Å². The van der Waals surface area contributed by atoms with Gasteiger partial charge in [-0.2, -0.15) is 0 Å². The Balaban J connectivity index is 1.45. The molecule has 178 valence electrons. The lowest BCUT2D eigenvalue weighted by molar-refractivity contribution is -0.150. The van der Waals surface area contributed by atoms with Crippen LogP contribution in [-0.2, 0) is 25.7 Å². The third kappa shape index (κ3) is 4.62. The molecule has 0 radical (unpaired) electrons. The molecule has 1 saturated heterocycles. The molecule has 6 N–H and O–H groups in total. The third-order valence-electron chi connectivity index (χ3n) is 5.17. The van der Waals surface area contributed by atoms with Crippen LogP contribution in [0.25, 0.3) is 0 Å². The number of carboxylic acid groups (broad SMARTS) is 1.